The molecule has 0 saturated carbocycles. The molecule has 84 valence electrons. The molecule has 1 aliphatic rings. The molecule has 2 unspecified atom stereocenters. The van der Waals surface area contributed by atoms with Crippen molar-refractivity contribution in [3.8, 4) is 0 Å². The molecule has 0 radical (unpaired) electrons. The second kappa shape index (κ2) is 3.79. The second-order valence-electron chi connectivity index (χ2n) is 2.86. The van der Waals surface area contributed by atoms with E-state index < -0.39 is 26.5 Å². The van der Waals surface area contributed by atoms with Crippen LogP contribution in [-0.4, -0.2) is 20.9 Å². The van der Waals surface area contributed by atoms with Gasteiger partial charge in [0.05, 0.1) is 5.57 Å². The highest BCUT2D eigenvalue weighted by molar-refractivity contribution is 9.10. The maximum Gasteiger partial charge on any atom is 0.416 e. The van der Waals surface area contributed by atoms with E-state index in [-0.39, 0.29) is 0 Å². The normalized spacial score (nSPS) is 31.3. The molecule has 0 saturated heterocycles. The summed E-state index contributed by atoms with van der Waals surface area (Å²) in [6.45, 7) is 0. The zero-order valence-electron chi connectivity index (χ0n) is 6.96. The molecule has 0 amide bonds. The van der Waals surface area contributed by atoms with Crippen molar-refractivity contribution in [3.63, 3.8) is 0 Å². The predicted molar refractivity (Wildman–Crippen MR) is 51.6 cm³/mol. The minimum absolute atomic E-state index is 0.488. The van der Waals surface area contributed by atoms with Gasteiger partial charge in [-0.15, -0.1) is 0 Å². The van der Waals surface area contributed by atoms with E-state index in [0.29, 0.717) is 12.2 Å². The number of allylic oxidation sites excluding steroid dienone is 2. The van der Waals surface area contributed by atoms with Gasteiger partial charge in [-0.25, -0.2) is 0 Å². The van der Waals surface area contributed by atoms with Crippen LogP contribution in [0.4, 0.5) is 13.2 Å². The lowest BCUT2D eigenvalue weighted by Gasteiger charge is -2.23. The first kappa shape index (κ1) is 12.5. The van der Waals surface area contributed by atoms with E-state index in [0.717, 1.165) is 6.08 Å². The molecular weight excluding hydrogens is 302 g/mol. The molecule has 0 bridgehead atoms. The molecule has 0 aromatic carbocycles. The van der Waals surface area contributed by atoms with Gasteiger partial charge in [0.1, 0.15) is 0 Å². The quantitative estimate of drug-likeness (QED) is 0.424. The third-order valence-electron chi connectivity index (χ3n) is 1.77. The van der Waals surface area contributed by atoms with Crippen LogP contribution in [-0.2, 0) is 0 Å². The summed E-state index contributed by atoms with van der Waals surface area (Å²) in [5.41, 5.74) is -1.07. The fourth-order valence-electron chi connectivity index (χ4n) is 1.03. The minimum Gasteiger partial charge on any atom is -0.264 e. The van der Waals surface area contributed by atoms with E-state index in [1.165, 1.54) is 0 Å². The van der Waals surface area contributed by atoms with Crippen molar-refractivity contribution in [1.29, 1.82) is 0 Å². The Morgan fingerprint density at radius 2 is 2.13 bits per heavy atom. The van der Waals surface area contributed by atoms with Gasteiger partial charge >= 0.3 is 6.18 Å². The lowest BCUT2D eigenvalue weighted by Crippen LogP contribution is -2.37. The summed E-state index contributed by atoms with van der Waals surface area (Å²) >= 11 is 8.40. The highest BCUT2D eigenvalue weighted by atomic mass is 79.9. The van der Waals surface area contributed by atoms with E-state index in [1.807, 2.05) is 0 Å². The summed E-state index contributed by atoms with van der Waals surface area (Å²) in [4.78, 5) is 9.61. The average Bonchev–Trinajstić information content (AvgIpc) is 2.00. The zero-order valence-corrected chi connectivity index (χ0v) is 9.30. The third-order valence-corrected chi connectivity index (χ3v) is 2.85. The van der Waals surface area contributed by atoms with Crippen LogP contribution in [0, 0.1) is 10.1 Å². The maximum absolute atomic E-state index is 12.2. The van der Waals surface area contributed by atoms with Gasteiger partial charge in [0, 0.05) is 11.0 Å². The molecule has 0 heterocycles. The van der Waals surface area contributed by atoms with Crippen LogP contribution in [0.1, 0.15) is 0 Å². The Labute approximate surface area is 95.9 Å². The number of hydrogen-bond donors (Lipinski definition) is 0. The van der Waals surface area contributed by atoms with Crippen LogP contribution in [0.15, 0.2) is 23.8 Å². The summed E-state index contributed by atoms with van der Waals surface area (Å²) in [5, 5.41) is 10.5. The third kappa shape index (κ3) is 2.72. The largest absolute Gasteiger partial charge is 0.416 e. The molecule has 3 nitrogen and oxygen atoms in total. The van der Waals surface area contributed by atoms with Crippen molar-refractivity contribution >= 4 is 27.5 Å². The Morgan fingerprint density at radius 1 is 1.60 bits per heavy atom. The second-order valence-corrected chi connectivity index (χ2v) is 5.25. The molecule has 1 aliphatic carbocycles. The van der Waals surface area contributed by atoms with E-state index in [4.69, 9.17) is 11.6 Å². The van der Waals surface area contributed by atoms with Crippen LogP contribution < -0.4 is 0 Å². The van der Waals surface area contributed by atoms with Gasteiger partial charge in [0.2, 0.25) is 0 Å². The van der Waals surface area contributed by atoms with E-state index in [2.05, 4.69) is 15.9 Å². The smallest absolute Gasteiger partial charge is 0.264 e. The molecule has 0 aliphatic heterocycles. The van der Waals surface area contributed by atoms with Crippen LogP contribution in [0.5, 0.6) is 0 Å². The molecular formula is C7H4BrClF3NO2. The van der Waals surface area contributed by atoms with E-state index in [1.54, 1.807) is 0 Å². The zero-order chi connectivity index (χ0) is 11.9. The predicted octanol–water partition coefficient (Wildman–Crippen LogP) is 3.02. The number of nitro groups is 1. The highest BCUT2D eigenvalue weighted by Gasteiger charge is 2.46. The number of nitrogens with zero attached hydrogens (tertiary/aromatic N) is 1. The molecule has 0 N–H and O–H groups in total. The van der Waals surface area contributed by atoms with E-state index >= 15 is 0 Å². The molecule has 1 rings (SSSR count). The van der Waals surface area contributed by atoms with Crippen LogP contribution in [0.25, 0.3) is 0 Å². The molecule has 8 heteroatoms. The van der Waals surface area contributed by atoms with Crippen molar-refractivity contribution in [1.82, 2.24) is 0 Å². The maximum atomic E-state index is 12.2. The van der Waals surface area contributed by atoms with Crippen molar-refractivity contribution in [2.75, 3.05) is 0 Å². The molecule has 0 aromatic heterocycles. The fraction of sp³-hybridized carbons (Fsp3) is 0.429. The molecule has 2 atom stereocenters. The van der Waals surface area contributed by atoms with Crippen molar-refractivity contribution < 1.29 is 18.1 Å². The number of alkyl halides is 5. The summed E-state index contributed by atoms with van der Waals surface area (Å²) in [7, 11) is 0. The summed E-state index contributed by atoms with van der Waals surface area (Å²) < 4.78 is 35.1. The molecule has 0 fully saturated rings. The minimum atomic E-state index is -4.61. The van der Waals surface area contributed by atoms with Gasteiger partial charge in [0.15, 0.2) is 3.78 Å². The van der Waals surface area contributed by atoms with Gasteiger partial charge in [-0.3, -0.25) is 10.1 Å². The first-order valence-corrected chi connectivity index (χ1v) is 4.81. The van der Waals surface area contributed by atoms with Gasteiger partial charge < -0.3 is 0 Å². The fourth-order valence-corrected chi connectivity index (χ4v) is 1.66. The van der Waals surface area contributed by atoms with Crippen molar-refractivity contribution in [2.45, 2.75) is 16.0 Å². The Bertz CT molecular complexity index is 351. The van der Waals surface area contributed by atoms with Crippen molar-refractivity contribution in [2.24, 2.45) is 0 Å². The number of rotatable bonds is 1. The Hall–Kier alpha value is -0.560. The first-order chi connectivity index (χ1) is 6.64. The Morgan fingerprint density at radius 3 is 2.53 bits per heavy atom. The van der Waals surface area contributed by atoms with Gasteiger partial charge in [0.25, 0.3) is 6.04 Å². The lowest BCUT2D eigenvalue weighted by atomic mass is 10.0. The van der Waals surface area contributed by atoms with Crippen LogP contribution >= 0.6 is 27.5 Å². The Balaban J connectivity index is 3.10. The number of halogens is 5. The molecule has 15 heavy (non-hydrogen) atoms. The monoisotopic (exact) mass is 305 g/mol. The summed E-state index contributed by atoms with van der Waals surface area (Å²) in [6.07, 6.45) is -2.50. The average molecular weight is 306 g/mol. The highest BCUT2D eigenvalue weighted by Crippen LogP contribution is 2.39. The van der Waals surface area contributed by atoms with Crippen molar-refractivity contribution in [3.05, 3.63) is 33.9 Å². The lowest BCUT2D eigenvalue weighted by molar-refractivity contribution is -0.509. The van der Waals surface area contributed by atoms with Gasteiger partial charge in [-0.2, -0.15) is 13.2 Å². The Kier molecular flexibility index (Phi) is 3.16. The van der Waals surface area contributed by atoms with Gasteiger partial charge in [-0.05, 0) is 6.08 Å². The molecule has 0 aromatic rings. The van der Waals surface area contributed by atoms with Crippen LogP contribution in [0.3, 0.4) is 0 Å². The summed E-state index contributed by atoms with van der Waals surface area (Å²) in [6, 6.07) is -1.65. The van der Waals surface area contributed by atoms with E-state index in [9.17, 15) is 23.3 Å². The van der Waals surface area contributed by atoms with Gasteiger partial charge in [-0.1, -0.05) is 33.6 Å². The first-order valence-electron chi connectivity index (χ1n) is 3.64. The molecule has 0 spiro atoms. The number of hydrogen-bond acceptors (Lipinski definition) is 2. The summed E-state index contributed by atoms with van der Waals surface area (Å²) in [5.74, 6) is 0. The topological polar surface area (TPSA) is 43.1 Å². The van der Waals surface area contributed by atoms with Crippen LogP contribution in [0.2, 0.25) is 0 Å². The standard InChI is InChI=1S/C7H4BrClF3NO2/c8-6(9)2-1-4(7(10,11)12)3-5(6)13(14)15/h1-3,5H. The SMILES string of the molecule is O=[N+]([O-])C1C=C(C(F)(F)F)C=CC1(Cl)Br.